The number of phenolic OH excluding ortho intramolecular Hbond substituents is 4. The fourth-order valence-corrected chi connectivity index (χ4v) is 7.71. The Morgan fingerprint density at radius 3 is 1.77 bits per heavy atom. The third-order valence-electron chi connectivity index (χ3n) is 10.2. The first-order chi connectivity index (χ1) is 25.8. The van der Waals surface area contributed by atoms with Crippen LogP contribution in [-0.4, -0.2) is 25.0 Å². The van der Waals surface area contributed by atoms with Gasteiger partial charge < -0.3 is 20.4 Å². The van der Waals surface area contributed by atoms with E-state index >= 15 is 0 Å². The zero-order chi connectivity index (χ0) is 36.4. The predicted octanol–water partition coefficient (Wildman–Crippen LogP) is 11.8. The van der Waals surface area contributed by atoms with Gasteiger partial charge in [-0.1, -0.05) is 121 Å². The third kappa shape index (κ3) is 4.82. The SMILES string of the molecule is Cc1ccccc1-c1c(-c2ccccc2)c(O)c2c(ooc3c(C)c(-c4cc5ccccc5c5ccccc45)c(O)c(O)c3n2-c2ccccc2)c1O. The normalized spacial score (nSPS) is 11.5. The molecule has 0 saturated heterocycles. The molecule has 0 aliphatic rings. The average Bonchev–Trinajstić information content (AvgIpc) is 3.38. The third-order valence-corrected chi connectivity index (χ3v) is 10.2. The minimum atomic E-state index is -0.499. The molecule has 0 aliphatic carbocycles. The van der Waals surface area contributed by atoms with Gasteiger partial charge in [0, 0.05) is 27.9 Å². The Morgan fingerprint density at radius 1 is 0.453 bits per heavy atom. The first kappa shape index (κ1) is 31.8. The number of aryl methyl sites for hydroxylation is 2. The molecule has 0 unspecified atom stereocenters. The van der Waals surface area contributed by atoms with Crippen LogP contribution in [0.1, 0.15) is 11.1 Å². The second kappa shape index (κ2) is 12.3. The fraction of sp³-hybridized carbons (Fsp3) is 0.0435. The highest BCUT2D eigenvalue weighted by Gasteiger charge is 2.30. The van der Waals surface area contributed by atoms with Gasteiger partial charge in [-0.05, 0) is 75.8 Å². The Balaban J connectivity index is 1.50. The number of benzene rings is 8. The minimum Gasteiger partial charge on any atom is -0.505 e. The van der Waals surface area contributed by atoms with Crippen molar-refractivity contribution >= 4 is 43.7 Å². The van der Waals surface area contributed by atoms with Crippen molar-refractivity contribution in [2.45, 2.75) is 13.8 Å². The average molecular weight is 696 g/mol. The molecular formula is C46H33NO6. The lowest BCUT2D eigenvalue weighted by Gasteiger charge is -2.20. The number of fused-ring (bicyclic) bond motifs is 5. The van der Waals surface area contributed by atoms with Gasteiger partial charge in [-0.25, -0.2) is 0 Å². The number of hydrogen-bond donors (Lipinski definition) is 4. The summed E-state index contributed by atoms with van der Waals surface area (Å²) < 4.78 is 13.8. The van der Waals surface area contributed by atoms with E-state index in [0.29, 0.717) is 44.6 Å². The molecule has 53 heavy (non-hydrogen) atoms. The molecule has 8 aromatic carbocycles. The summed E-state index contributed by atoms with van der Waals surface area (Å²) in [5, 5.41) is 53.1. The first-order valence-electron chi connectivity index (χ1n) is 17.3. The van der Waals surface area contributed by atoms with Crippen molar-refractivity contribution < 1.29 is 29.6 Å². The number of hydrogen-bond acceptors (Lipinski definition) is 6. The second-order valence-corrected chi connectivity index (χ2v) is 13.2. The largest absolute Gasteiger partial charge is 0.505 e. The highest BCUT2D eigenvalue weighted by Crippen LogP contribution is 2.54. The van der Waals surface area contributed by atoms with Crippen LogP contribution in [0.5, 0.6) is 23.0 Å². The monoisotopic (exact) mass is 695 g/mol. The van der Waals surface area contributed by atoms with Crippen LogP contribution >= 0.6 is 0 Å². The Labute approximate surface area is 303 Å². The molecule has 7 heteroatoms. The Kier molecular flexibility index (Phi) is 7.38. The summed E-state index contributed by atoms with van der Waals surface area (Å²) in [5.41, 5.74) is 4.84. The molecule has 1 heterocycles. The van der Waals surface area contributed by atoms with Gasteiger partial charge in [0.05, 0.1) is 0 Å². The number of rotatable bonds is 4. The molecule has 0 saturated carbocycles. The molecule has 0 spiro atoms. The molecule has 0 fully saturated rings. The van der Waals surface area contributed by atoms with Gasteiger partial charge in [0.2, 0.25) is 11.2 Å². The van der Waals surface area contributed by atoms with Gasteiger partial charge in [-0.2, -0.15) is 0 Å². The van der Waals surface area contributed by atoms with Gasteiger partial charge in [0.25, 0.3) is 0 Å². The maximum atomic E-state index is 12.6. The maximum absolute atomic E-state index is 12.6. The van der Waals surface area contributed by atoms with Gasteiger partial charge in [-0.3, -0.25) is 13.7 Å². The van der Waals surface area contributed by atoms with Gasteiger partial charge in [0.1, 0.15) is 11.0 Å². The van der Waals surface area contributed by atoms with Crippen LogP contribution in [0.2, 0.25) is 0 Å². The van der Waals surface area contributed by atoms with Gasteiger partial charge >= 0.3 is 0 Å². The highest BCUT2D eigenvalue weighted by atomic mass is 17.0. The summed E-state index contributed by atoms with van der Waals surface area (Å²) in [4.78, 5) is 0. The van der Waals surface area contributed by atoms with Crippen molar-refractivity contribution in [3.63, 3.8) is 0 Å². The predicted molar refractivity (Wildman–Crippen MR) is 210 cm³/mol. The maximum Gasteiger partial charge on any atom is 0.248 e. The van der Waals surface area contributed by atoms with Crippen LogP contribution in [0.25, 0.3) is 82.8 Å². The number of aromatic nitrogens is 1. The van der Waals surface area contributed by atoms with Crippen molar-refractivity contribution in [2.24, 2.45) is 0 Å². The van der Waals surface area contributed by atoms with Gasteiger partial charge in [0.15, 0.2) is 23.0 Å². The molecular weight excluding hydrogens is 663 g/mol. The molecule has 9 aromatic rings. The van der Waals surface area contributed by atoms with E-state index < -0.39 is 5.75 Å². The summed E-state index contributed by atoms with van der Waals surface area (Å²) in [6, 6.07) is 43.9. The standard InChI is InChI=1S/C46H33NO6/c1-26-15-9-11-21-31(26)38-37(28-16-5-3-6-17-28)41(48)39-46(43(38)50)53-52-45-27(2)36(42(49)44(51)40(45)47(39)30-19-7-4-8-20-30)35-25-29-18-10-12-22-32(29)33-23-13-14-24-34(33)35/h3-25,48-51H,1-2H3. The van der Waals surface area contributed by atoms with Gasteiger partial charge in [-0.15, -0.1) is 0 Å². The molecule has 258 valence electrons. The summed E-state index contributed by atoms with van der Waals surface area (Å²) in [5.74, 6) is -1.38. The molecule has 7 nitrogen and oxygen atoms in total. The zero-order valence-corrected chi connectivity index (χ0v) is 28.8. The highest BCUT2D eigenvalue weighted by molar-refractivity contribution is 6.16. The molecule has 0 atom stereocenters. The van der Waals surface area contributed by atoms with Crippen molar-refractivity contribution in [2.75, 3.05) is 0 Å². The summed E-state index contributed by atoms with van der Waals surface area (Å²) in [6.45, 7) is 3.71. The van der Waals surface area contributed by atoms with Crippen molar-refractivity contribution in [1.82, 2.24) is 4.57 Å². The van der Waals surface area contributed by atoms with E-state index in [2.05, 4.69) is 6.07 Å². The van der Waals surface area contributed by atoms with Crippen molar-refractivity contribution in [3.05, 3.63) is 151 Å². The van der Waals surface area contributed by atoms with Crippen LogP contribution in [0.4, 0.5) is 0 Å². The topological polar surface area (TPSA) is 112 Å². The quantitative estimate of drug-likeness (QED) is 0.0631. The number of para-hydroxylation sites is 1. The van der Waals surface area contributed by atoms with Crippen LogP contribution in [-0.2, 0) is 0 Å². The lowest BCUT2D eigenvalue weighted by atomic mass is 9.89. The number of nitrogens with zero attached hydrogens (tertiary/aromatic N) is 1. The summed E-state index contributed by atoms with van der Waals surface area (Å²) in [7, 11) is 0. The first-order valence-corrected chi connectivity index (χ1v) is 17.3. The second-order valence-electron chi connectivity index (χ2n) is 13.2. The Bertz CT molecular complexity index is 2950. The molecule has 4 N–H and O–H groups in total. The number of aromatic hydroxyl groups is 4. The van der Waals surface area contributed by atoms with Crippen LogP contribution in [0.3, 0.4) is 0 Å². The molecule has 0 amide bonds. The molecule has 1 aromatic heterocycles. The van der Waals surface area contributed by atoms with Crippen molar-refractivity contribution in [1.29, 1.82) is 0 Å². The lowest BCUT2D eigenvalue weighted by Crippen LogP contribution is -2.01. The zero-order valence-electron chi connectivity index (χ0n) is 28.8. The molecule has 9 rings (SSSR count). The van der Waals surface area contributed by atoms with E-state index in [1.165, 1.54) is 0 Å². The number of phenols is 4. The van der Waals surface area contributed by atoms with Crippen LogP contribution < -0.4 is 0 Å². The van der Waals surface area contributed by atoms with E-state index in [0.717, 1.165) is 27.1 Å². The summed E-state index contributed by atoms with van der Waals surface area (Å²) in [6.07, 6.45) is 0. The fourth-order valence-electron chi connectivity index (χ4n) is 7.71. The molecule has 0 radical (unpaired) electrons. The molecule has 0 bridgehead atoms. The van der Waals surface area contributed by atoms with E-state index in [-0.39, 0.29) is 39.4 Å². The molecule has 0 aliphatic heterocycles. The van der Waals surface area contributed by atoms with E-state index in [9.17, 15) is 20.4 Å². The minimum absolute atomic E-state index is 0.0154. The van der Waals surface area contributed by atoms with E-state index in [1.807, 2.05) is 128 Å². The Morgan fingerprint density at radius 2 is 1.04 bits per heavy atom. The van der Waals surface area contributed by atoms with E-state index in [4.69, 9.17) is 9.15 Å². The van der Waals surface area contributed by atoms with Crippen LogP contribution in [0.15, 0.2) is 149 Å². The van der Waals surface area contributed by atoms with E-state index in [1.54, 1.807) is 23.6 Å². The van der Waals surface area contributed by atoms with Crippen molar-refractivity contribution in [3.8, 4) is 62.1 Å². The Hall–Kier alpha value is -7.12. The summed E-state index contributed by atoms with van der Waals surface area (Å²) >= 11 is 0. The lowest BCUT2D eigenvalue weighted by molar-refractivity contribution is 0.0891. The van der Waals surface area contributed by atoms with Crippen LogP contribution in [0, 0.1) is 13.8 Å². The smallest absolute Gasteiger partial charge is 0.248 e.